The summed E-state index contributed by atoms with van der Waals surface area (Å²) in [4.78, 5) is 16.5. The molecular formula is C13H24N2O2. The van der Waals surface area contributed by atoms with Crippen LogP contribution in [0.2, 0.25) is 0 Å². The maximum Gasteiger partial charge on any atom is 0.149 e. The minimum Gasteiger partial charge on any atom is -0.379 e. The minimum absolute atomic E-state index is 0.164. The Morgan fingerprint density at radius 1 is 1.29 bits per heavy atom. The molecule has 2 heterocycles. The molecule has 0 saturated carbocycles. The lowest BCUT2D eigenvalue weighted by Gasteiger charge is -2.32. The highest BCUT2D eigenvalue weighted by Crippen LogP contribution is 2.17. The van der Waals surface area contributed by atoms with Crippen LogP contribution in [0.5, 0.6) is 0 Å². The minimum atomic E-state index is 0.164. The molecule has 0 aromatic carbocycles. The Bertz CT molecular complexity index is 262. The highest BCUT2D eigenvalue weighted by atomic mass is 16.5. The third-order valence-corrected chi connectivity index (χ3v) is 3.83. The Morgan fingerprint density at radius 2 is 2.00 bits per heavy atom. The van der Waals surface area contributed by atoms with Gasteiger partial charge in [-0.2, -0.15) is 0 Å². The Morgan fingerprint density at radius 3 is 2.65 bits per heavy atom. The summed E-state index contributed by atoms with van der Waals surface area (Å²) in [5.74, 6) is 0.532. The first-order chi connectivity index (χ1) is 8.16. The lowest BCUT2D eigenvalue weighted by Crippen LogP contribution is -2.45. The first kappa shape index (κ1) is 13.0. The lowest BCUT2D eigenvalue weighted by atomic mass is 10.1. The molecule has 98 valence electrons. The zero-order valence-corrected chi connectivity index (χ0v) is 11.0. The number of hydrogen-bond donors (Lipinski definition) is 0. The lowest BCUT2D eigenvalue weighted by molar-refractivity contribution is -0.122. The summed E-state index contributed by atoms with van der Waals surface area (Å²) in [6.07, 6.45) is 1.20. The molecule has 0 aliphatic carbocycles. The van der Waals surface area contributed by atoms with Crippen LogP contribution in [0.15, 0.2) is 0 Å². The Kier molecular flexibility index (Phi) is 4.54. The molecule has 2 aliphatic rings. The van der Waals surface area contributed by atoms with E-state index in [0.717, 1.165) is 39.4 Å². The van der Waals surface area contributed by atoms with Crippen molar-refractivity contribution in [2.45, 2.75) is 26.3 Å². The van der Waals surface area contributed by atoms with Crippen LogP contribution in [0.1, 0.15) is 20.3 Å². The standard InChI is InChI=1S/C13H24N2O2/c1-11(2)13(16)10-14-4-3-12(9-14)15-5-7-17-8-6-15/h11-12H,3-10H2,1-2H3. The summed E-state index contributed by atoms with van der Waals surface area (Å²) >= 11 is 0. The number of ketones is 1. The zero-order valence-electron chi connectivity index (χ0n) is 11.0. The number of carbonyl (C=O) groups is 1. The summed E-state index contributed by atoms with van der Waals surface area (Å²) < 4.78 is 5.37. The molecule has 2 saturated heterocycles. The van der Waals surface area contributed by atoms with Gasteiger partial charge in [-0.15, -0.1) is 0 Å². The maximum atomic E-state index is 11.7. The van der Waals surface area contributed by atoms with Crippen LogP contribution >= 0.6 is 0 Å². The van der Waals surface area contributed by atoms with E-state index in [1.54, 1.807) is 0 Å². The molecule has 0 radical (unpaired) electrons. The molecule has 1 atom stereocenters. The normalized spacial score (nSPS) is 27.8. The molecule has 0 N–H and O–H groups in total. The predicted molar refractivity (Wildman–Crippen MR) is 67.1 cm³/mol. The van der Waals surface area contributed by atoms with Crippen LogP contribution in [0, 0.1) is 5.92 Å². The SMILES string of the molecule is CC(C)C(=O)CN1CCC(N2CCOCC2)C1. The van der Waals surface area contributed by atoms with Gasteiger partial charge in [0.15, 0.2) is 0 Å². The molecule has 1 unspecified atom stereocenters. The molecule has 2 rings (SSSR count). The molecule has 0 bridgehead atoms. The molecular weight excluding hydrogens is 216 g/mol. The van der Waals surface area contributed by atoms with E-state index in [9.17, 15) is 4.79 Å². The second kappa shape index (κ2) is 5.94. The van der Waals surface area contributed by atoms with Crippen LogP contribution in [-0.2, 0) is 9.53 Å². The summed E-state index contributed by atoms with van der Waals surface area (Å²) in [6, 6.07) is 0.638. The number of likely N-dealkylation sites (tertiary alicyclic amines) is 1. The number of hydrogen-bond acceptors (Lipinski definition) is 4. The van der Waals surface area contributed by atoms with Crippen molar-refractivity contribution in [2.24, 2.45) is 5.92 Å². The molecule has 4 nitrogen and oxygen atoms in total. The van der Waals surface area contributed by atoms with E-state index < -0.39 is 0 Å². The fourth-order valence-electron chi connectivity index (χ4n) is 2.60. The first-order valence-corrected chi connectivity index (χ1v) is 6.73. The van der Waals surface area contributed by atoms with Crippen molar-refractivity contribution >= 4 is 5.78 Å². The Balaban J connectivity index is 1.76. The zero-order chi connectivity index (χ0) is 12.3. The van der Waals surface area contributed by atoms with E-state index in [1.807, 2.05) is 13.8 Å². The topological polar surface area (TPSA) is 32.8 Å². The quantitative estimate of drug-likeness (QED) is 0.721. The van der Waals surface area contributed by atoms with Gasteiger partial charge in [0.05, 0.1) is 19.8 Å². The monoisotopic (exact) mass is 240 g/mol. The van der Waals surface area contributed by atoms with Crippen molar-refractivity contribution < 1.29 is 9.53 Å². The highest BCUT2D eigenvalue weighted by molar-refractivity contribution is 5.82. The van der Waals surface area contributed by atoms with Gasteiger partial charge in [0.1, 0.15) is 5.78 Å². The van der Waals surface area contributed by atoms with Crippen molar-refractivity contribution in [3.8, 4) is 0 Å². The van der Waals surface area contributed by atoms with E-state index in [4.69, 9.17) is 4.74 Å². The van der Waals surface area contributed by atoms with Crippen LogP contribution in [0.4, 0.5) is 0 Å². The third kappa shape index (κ3) is 3.50. The van der Waals surface area contributed by atoms with E-state index in [2.05, 4.69) is 9.80 Å². The second-order valence-corrected chi connectivity index (χ2v) is 5.45. The van der Waals surface area contributed by atoms with Crippen molar-refractivity contribution in [1.29, 1.82) is 0 Å². The van der Waals surface area contributed by atoms with Crippen LogP contribution in [-0.4, -0.2) is 67.6 Å². The van der Waals surface area contributed by atoms with Crippen LogP contribution in [0.25, 0.3) is 0 Å². The number of Topliss-reactive ketones (excluding diaryl/α,β-unsaturated/α-hetero) is 1. The number of rotatable bonds is 4. The van der Waals surface area contributed by atoms with Gasteiger partial charge in [0.2, 0.25) is 0 Å². The smallest absolute Gasteiger partial charge is 0.149 e. The summed E-state index contributed by atoms with van der Waals surface area (Å²) in [6.45, 7) is 10.6. The average molecular weight is 240 g/mol. The molecule has 2 aliphatic heterocycles. The molecule has 4 heteroatoms. The largest absolute Gasteiger partial charge is 0.379 e. The van der Waals surface area contributed by atoms with Gasteiger partial charge in [-0.3, -0.25) is 14.6 Å². The second-order valence-electron chi connectivity index (χ2n) is 5.45. The van der Waals surface area contributed by atoms with Crippen molar-refractivity contribution in [1.82, 2.24) is 9.80 Å². The predicted octanol–water partition coefficient (Wildman–Crippen LogP) is 0.618. The number of nitrogens with zero attached hydrogens (tertiary/aromatic N) is 2. The molecule has 2 fully saturated rings. The van der Waals surface area contributed by atoms with Crippen molar-refractivity contribution in [3.63, 3.8) is 0 Å². The average Bonchev–Trinajstić information content (AvgIpc) is 2.78. The summed E-state index contributed by atoms with van der Waals surface area (Å²) in [5, 5.41) is 0. The highest BCUT2D eigenvalue weighted by Gasteiger charge is 2.29. The summed E-state index contributed by atoms with van der Waals surface area (Å²) in [7, 11) is 0. The summed E-state index contributed by atoms with van der Waals surface area (Å²) in [5.41, 5.74) is 0. The van der Waals surface area contributed by atoms with Crippen molar-refractivity contribution in [2.75, 3.05) is 45.9 Å². The van der Waals surface area contributed by atoms with E-state index >= 15 is 0 Å². The fraction of sp³-hybridized carbons (Fsp3) is 0.923. The van der Waals surface area contributed by atoms with Gasteiger partial charge in [-0.25, -0.2) is 0 Å². The van der Waals surface area contributed by atoms with E-state index in [-0.39, 0.29) is 5.92 Å². The number of carbonyl (C=O) groups excluding carboxylic acids is 1. The van der Waals surface area contributed by atoms with Gasteiger partial charge >= 0.3 is 0 Å². The third-order valence-electron chi connectivity index (χ3n) is 3.83. The molecule has 0 aromatic heterocycles. The molecule has 0 amide bonds. The van der Waals surface area contributed by atoms with Gasteiger partial charge in [0, 0.05) is 38.1 Å². The Hall–Kier alpha value is -0.450. The van der Waals surface area contributed by atoms with E-state index in [1.165, 1.54) is 6.42 Å². The molecule has 0 aromatic rings. The molecule has 0 spiro atoms. The van der Waals surface area contributed by atoms with Gasteiger partial charge in [0.25, 0.3) is 0 Å². The Labute approximate surface area is 104 Å². The van der Waals surface area contributed by atoms with Gasteiger partial charge in [-0.05, 0) is 6.42 Å². The van der Waals surface area contributed by atoms with E-state index in [0.29, 0.717) is 18.4 Å². The van der Waals surface area contributed by atoms with Crippen LogP contribution in [0.3, 0.4) is 0 Å². The van der Waals surface area contributed by atoms with Crippen LogP contribution < -0.4 is 0 Å². The maximum absolute atomic E-state index is 11.7. The van der Waals surface area contributed by atoms with Gasteiger partial charge in [-0.1, -0.05) is 13.8 Å². The number of ether oxygens (including phenoxy) is 1. The van der Waals surface area contributed by atoms with Gasteiger partial charge < -0.3 is 4.74 Å². The molecule has 17 heavy (non-hydrogen) atoms. The first-order valence-electron chi connectivity index (χ1n) is 6.73. The number of morpholine rings is 1. The fourth-order valence-corrected chi connectivity index (χ4v) is 2.60. The van der Waals surface area contributed by atoms with Crippen molar-refractivity contribution in [3.05, 3.63) is 0 Å².